The minimum atomic E-state index is -3.02. The zero-order valence-electron chi connectivity index (χ0n) is 14.6. The number of ether oxygens (including phenoxy) is 1. The van der Waals surface area contributed by atoms with Gasteiger partial charge in [-0.3, -0.25) is 0 Å². The normalized spacial score (nSPS) is 28.6. The molecule has 25 heavy (non-hydrogen) atoms. The number of hydrogen-bond acceptors (Lipinski definition) is 5. The predicted molar refractivity (Wildman–Crippen MR) is 97.9 cm³/mol. The molecule has 3 atom stereocenters. The predicted octanol–water partition coefficient (Wildman–Crippen LogP) is 1.61. The third-order valence-corrected chi connectivity index (χ3v) is 6.25. The highest BCUT2D eigenvalue weighted by atomic mass is 32.2. The monoisotopic (exact) mass is 367 g/mol. The third kappa shape index (κ3) is 4.64. The molecule has 0 spiro atoms. The Hall–Kier alpha value is -1.80. The van der Waals surface area contributed by atoms with Crippen molar-refractivity contribution in [2.24, 2.45) is 0 Å². The van der Waals surface area contributed by atoms with E-state index in [1.165, 1.54) is 0 Å². The molecule has 2 N–H and O–H groups in total. The maximum atomic E-state index is 12.3. The molecule has 138 valence electrons. The van der Waals surface area contributed by atoms with E-state index in [4.69, 9.17) is 4.74 Å². The SMILES string of the molecule is C[C@@H]1CN(c2ccccc2NC(=O)N[C@H]2CCS(=O)(=O)C2)C[C@@H](C)O1. The number of sulfone groups is 1. The van der Waals surface area contributed by atoms with Crippen LogP contribution < -0.4 is 15.5 Å². The fourth-order valence-corrected chi connectivity index (χ4v) is 5.16. The van der Waals surface area contributed by atoms with Crippen LogP contribution in [0.15, 0.2) is 24.3 Å². The number of nitrogens with zero attached hydrogens (tertiary/aromatic N) is 1. The van der Waals surface area contributed by atoms with Crippen molar-refractivity contribution in [1.82, 2.24) is 5.32 Å². The molecular weight excluding hydrogens is 342 g/mol. The summed E-state index contributed by atoms with van der Waals surface area (Å²) in [6, 6.07) is 6.94. The maximum absolute atomic E-state index is 12.3. The summed E-state index contributed by atoms with van der Waals surface area (Å²) in [5.41, 5.74) is 1.65. The lowest BCUT2D eigenvalue weighted by Crippen LogP contribution is -2.46. The molecule has 3 rings (SSSR count). The average molecular weight is 367 g/mol. The molecule has 0 unspecified atom stereocenters. The minimum absolute atomic E-state index is 0.0144. The van der Waals surface area contributed by atoms with Gasteiger partial charge in [0.15, 0.2) is 9.84 Å². The molecule has 0 aromatic heterocycles. The maximum Gasteiger partial charge on any atom is 0.319 e. The highest BCUT2D eigenvalue weighted by Crippen LogP contribution is 2.28. The van der Waals surface area contributed by atoms with Crippen LogP contribution >= 0.6 is 0 Å². The van der Waals surface area contributed by atoms with Crippen LogP contribution in [-0.2, 0) is 14.6 Å². The Kier molecular flexibility index (Phi) is 5.19. The molecule has 2 saturated heterocycles. The van der Waals surface area contributed by atoms with Crippen molar-refractivity contribution in [1.29, 1.82) is 0 Å². The fraction of sp³-hybridized carbons (Fsp3) is 0.588. The van der Waals surface area contributed by atoms with Crippen LogP contribution in [0.1, 0.15) is 20.3 Å². The van der Waals surface area contributed by atoms with Crippen molar-refractivity contribution >= 4 is 27.2 Å². The molecule has 2 amide bonds. The standard InChI is InChI=1S/C17H25N3O4S/c1-12-9-20(10-13(2)24-12)16-6-4-3-5-15(16)19-17(21)18-14-7-8-25(22,23)11-14/h3-6,12-14H,7-11H2,1-2H3,(H2,18,19,21)/t12-,13-,14+/m1/s1. The number of rotatable bonds is 3. The van der Waals surface area contributed by atoms with E-state index in [9.17, 15) is 13.2 Å². The summed E-state index contributed by atoms with van der Waals surface area (Å²) in [6.45, 7) is 5.58. The van der Waals surface area contributed by atoms with Gasteiger partial charge in [0.05, 0.1) is 35.1 Å². The van der Waals surface area contributed by atoms with Crippen LogP contribution in [0, 0.1) is 0 Å². The van der Waals surface area contributed by atoms with Crippen LogP contribution in [0.2, 0.25) is 0 Å². The molecule has 0 saturated carbocycles. The summed E-state index contributed by atoms with van der Waals surface area (Å²) in [6.07, 6.45) is 0.708. The first kappa shape index (κ1) is 18.0. The lowest BCUT2D eigenvalue weighted by Gasteiger charge is -2.37. The smallest absolute Gasteiger partial charge is 0.319 e. The van der Waals surface area contributed by atoms with E-state index in [0.29, 0.717) is 12.1 Å². The van der Waals surface area contributed by atoms with Crippen molar-refractivity contribution in [3.8, 4) is 0 Å². The number of carbonyl (C=O) groups excluding carboxylic acids is 1. The van der Waals surface area contributed by atoms with Crippen molar-refractivity contribution < 1.29 is 17.9 Å². The summed E-state index contributed by atoms with van der Waals surface area (Å²) in [5.74, 6) is 0.151. The van der Waals surface area contributed by atoms with Gasteiger partial charge in [-0.1, -0.05) is 12.1 Å². The first-order valence-corrected chi connectivity index (χ1v) is 10.4. The van der Waals surface area contributed by atoms with Crippen molar-refractivity contribution in [3.05, 3.63) is 24.3 Å². The van der Waals surface area contributed by atoms with Gasteiger partial charge in [-0.25, -0.2) is 13.2 Å². The van der Waals surface area contributed by atoms with Crippen LogP contribution in [0.25, 0.3) is 0 Å². The molecule has 1 aromatic rings. The van der Waals surface area contributed by atoms with Crippen molar-refractivity contribution in [3.63, 3.8) is 0 Å². The number of para-hydroxylation sites is 2. The van der Waals surface area contributed by atoms with E-state index in [2.05, 4.69) is 15.5 Å². The first-order chi connectivity index (χ1) is 11.8. The topological polar surface area (TPSA) is 87.7 Å². The zero-order valence-corrected chi connectivity index (χ0v) is 15.4. The second kappa shape index (κ2) is 7.21. The van der Waals surface area contributed by atoms with Crippen molar-refractivity contribution in [2.75, 3.05) is 34.8 Å². The van der Waals surface area contributed by atoms with Gasteiger partial charge in [0.2, 0.25) is 0 Å². The van der Waals surface area contributed by atoms with E-state index in [-0.39, 0.29) is 35.8 Å². The molecule has 8 heteroatoms. The third-order valence-electron chi connectivity index (χ3n) is 4.48. The minimum Gasteiger partial charge on any atom is -0.372 e. The second-order valence-electron chi connectivity index (χ2n) is 6.88. The molecule has 0 bridgehead atoms. The van der Waals surface area contributed by atoms with Gasteiger partial charge in [-0.05, 0) is 32.4 Å². The number of nitrogens with one attached hydrogen (secondary N) is 2. The van der Waals surface area contributed by atoms with Gasteiger partial charge in [-0.15, -0.1) is 0 Å². The van der Waals surface area contributed by atoms with Gasteiger partial charge < -0.3 is 20.3 Å². The Bertz CT molecular complexity index is 727. The van der Waals surface area contributed by atoms with Crippen LogP contribution in [-0.4, -0.2) is 57.3 Å². The molecule has 7 nitrogen and oxygen atoms in total. The summed E-state index contributed by atoms with van der Waals surface area (Å²) >= 11 is 0. The van der Waals surface area contributed by atoms with Gasteiger partial charge in [-0.2, -0.15) is 0 Å². The highest BCUT2D eigenvalue weighted by Gasteiger charge is 2.29. The van der Waals surface area contributed by atoms with Crippen LogP contribution in [0.4, 0.5) is 16.2 Å². The largest absolute Gasteiger partial charge is 0.372 e. The van der Waals surface area contributed by atoms with E-state index in [0.717, 1.165) is 18.8 Å². The second-order valence-corrected chi connectivity index (χ2v) is 9.11. The number of hydrogen-bond donors (Lipinski definition) is 2. The van der Waals surface area contributed by atoms with Gasteiger partial charge in [0, 0.05) is 19.1 Å². The lowest BCUT2D eigenvalue weighted by atomic mass is 10.1. The Labute approximate surface area is 148 Å². The number of benzene rings is 1. The number of carbonyl (C=O) groups is 1. The van der Waals surface area contributed by atoms with Crippen LogP contribution in [0.5, 0.6) is 0 Å². The summed E-state index contributed by atoms with van der Waals surface area (Å²) < 4.78 is 28.8. The number of anilines is 2. The van der Waals surface area contributed by atoms with E-state index >= 15 is 0 Å². The molecule has 0 radical (unpaired) electrons. The number of amides is 2. The first-order valence-electron chi connectivity index (χ1n) is 8.60. The Morgan fingerprint density at radius 1 is 1.20 bits per heavy atom. The van der Waals surface area contributed by atoms with Crippen molar-refractivity contribution in [2.45, 2.75) is 38.5 Å². The average Bonchev–Trinajstić information content (AvgIpc) is 2.85. The Morgan fingerprint density at radius 3 is 2.52 bits per heavy atom. The molecule has 2 aliphatic heterocycles. The number of morpholine rings is 1. The van der Waals surface area contributed by atoms with Gasteiger partial charge in [0.25, 0.3) is 0 Å². The summed E-state index contributed by atoms with van der Waals surface area (Å²) in [4.78, 5) is 14.5. The van der Waals surface area contributed by atoms with E-state index < -0.39 is 9.84 Å². The summed E-state index contributed by atoms with van der Waals surface area (Å²) in [7, 11) is -3.02. The van der Waals surface area contributed by atoms with E-state index in [1.54, 1.807) is 0 Å². The fourth-order valence-electron chi connectivity index (χ4n) is 3.48. The van der Waals surface area contributed by atoms with Crippen LogP contribution in [0.3, 0.4) is 0 Å². The molecule has 1 aromatic carbocycles. The van der Waals surface area contributed by atoms with E-state index in [1.807, 2.05) is 38.1 Å². The highest BCUT2D eigenvalue weighted by molar-refractivity contribution is 7.91. The Morgan fingerprint density at radius 2 is 1.88 bits per heavy atom. The number of urea groups is 1. The molecular formula is C17H25N3O4S. The van der Waals surface area contributed by atoms with Gasteiger partial charge in [0.1, 0.15) is 0 Å². The molecule has 0 aliphatic carbocycles. The Balaban J connectivity index is 1.67. The van der Waals surface area contributed by atoms with Gasteiger partial charge >= 0.3 is 6.03 Å². The quantitative estimate of drug-likeness (QED) is 0.847. The molecule has 2 aliphatic rings. The molecule has 2 fully saturated rings. The molecule has 2 heterocycles. The summed E-state index contributed by atoms with van der Waals surface area (Å²) in [5, 5.41) is 5.62. The lowest BCUT2D eigenvalue weighted by molar-refractivity contribution is -0.00517. The zero-order chi connectivity index (χ0) is 18.0.